The third-order valence-electron chi connectivity index (χ3n) is 5.10. The number of carbonyl (C=O) groups excluding carboxylic acids is 2. The molecule has 0 aliphatic carbocycles. The third kappa shape index (κ3) is 4.76. The fourth-order valence-electron chi connectivity index (χ4n) is 3.62. The first-order chi connectivity index (χ1) is 13.1. The maximum absolute atomic E-state index is 12.4. The van der Waals surface area contributed by atoms with E-state index in [0.29, 0.717) is 18.0 Å². The summed E-state index contributed by atoms with van der Waals surface area (Å²) >= 11 is 1.71. The molecule has 1 aromatic carbocycles. The van der Waals surface area contributed by atoms with Crippen molar-refractivity contribution in [3.05, 3.63) is 57.8 Å². The number of amides is 1. The number of likely N-dealkylation sites (tertiary alicyclic amines) is 1. The van der Waals surface area contributed by atoms with Crippen molar-refractivity contribution < 1.29 is 14.3 Å². The molecule has 0 saturated carbocycles. The number of nitrogens with one attached hydrogen (secondary N) is 1. The number of ether oxygens (including phenoxy) is 1. The van der Waals surface area contributed by atoms with Gasteiger partial charge < -0.3 is 15.0 Å². The zero-order valence-electron chi connectivity index (χ0n) is 15.8. The van der Waals surface area contributed by atoms with E-state index in [1.54, 1.807) is 23.5 Å². The molecule has 2 heterocycles. The molecule has 0 bridgehead atoms. The summed E-state index contributed by atoms with van der Waals surface area (Å²) in [6.45, 7) is 3.71. The average molecular weight is 387 g/mol. The Morgan fingerprint density at radius 3 is 2.78 bits per heavy atom. The van der Waals surface area contributed by atoms with Gasteiger partial charge in [0, 0.05) is 23.9 Å². The molecule has 0 radical (unpaired) electrons. The zero-order chi connectivity index (χ0) is 19.2. The molecule has 27 heavy (non-hydrogen) atoms. The Balaban J connectivity index is 1.48. The molecular formula is C21H26N2O3S. The summed E-state index contributed by atoms with van der Waals surface area (Å²) in [5.74, 6) is -0.0559. The number of rotatable bonds is 8. The summed E-state index contributed by atoms with van der Waals surface area (Å²) in [6, 6.07) is 12.0. The number of thiophene rings is 1. The molecule has 2 atom stereocenters. The predicted octanol–water partition coefficient (Wildman–Crippen LogP) is 3.77. The highest BCUT2D eigenvalue weighted by atomic mass is 32.1. The van der Waals surface area contributed by atoms with Crippen LogP contribution in [-0.4, -0.2) is 36.5 Å². The number of methoxy groups -OCH3 is 1. The first-order valence-electron chi connectivity index (χ1n) is 9.32. The van der Waals surface area contributed by atoms with Crippen LogP contribution in [0, 0.1) is 0 Å². The molecule has 1 aliphatic rings. The molecule has 0 spiro atoms. The summed E-state index contributed by atoms with van der Waals surface area (Å²) < 4.78 is 4.71. The van der Waals surface area contributed by atoms with Crippen LogP contribution in [0.5, 0.6) is 0 Å². The molecule has 5 nitrogen and oxygen atoms in total. The van der Waals surface area contributed by atoms with E-state index >= 15 is 0 Å². The van der Waals surface area contributed by atoms with Gasteiger partial charge >= 0.3 is 5.97 Å². The lowest BCUT2D eigenvalue weighted by Crippen LogP contribution is -2.36. The zero-order valence-corrected chi connectivity index (χ0v) is 16.6. The minimum Gasteiger partial charge on any atom is -0.465 e. The molecule has 0 unspecified atom stereocenters. The van der Waals surface area contributed by atoms with Crippen LogP contribution in [0.3, 0.4) is 0 Å². The molecule has 3 rings (SSSR count). The van der Waals surface area contributed by atoms with Gasteiger partial charge in [0.05, 0.1) is 18.7 Å². The van der Waals surface area contributed by atoms with Gasteiger partial charge in [-0.1, -0.05) is 18.2 Å². The van der Waals surface area contributed by atoms with Crippen LogP contribution in [0.4, 0.5) is 0 Å². The summed E-state index contributed by atoms with van der Waals surface area (Å²) in [6.07, 6.45) is 2.53. The van der Waals surface area contributed by atoms with Gasteiger partial charge in [-0.3, -0.25) is 4.79 Å². The molecule has 1 fully saturated rings. The fourth-order valence-corrected chi connectivity index (χ4v) is 4.40. The number of hydrogen-bond acceptors (Lipinski definition) is 5. The quantitative estimate of drug-likeness (QED) is 0.554. The van der Waals surface area contributed by atoms with Crippen molar-refractivity contribution >= 4 is 23.2 Å². The summed E-state index contributed by atoms with van der Waals surface area (Å²) in [7, 11) is 1.38. The van der Waals surface area contributed by atoms with E-state index in [4.69, 9.17) is 4.74 Å². The molecule has 1 aromatic heterocycles. The van der Waals surface area contributed by atoms with Gasteiger partial charge in [-0.05, 0) is 55.5 Å². The van der Waals surface area contributed by atoms with E-state index in [1.807, 2.05) is 18.2 Å². The molecule has 2 aromatic rings. The van der Waals surface area contributed by atoms with Crippen LogP contribution in [0.25, 0.3) is 0 Å². The van der Waals surface area contributed by atoms with Gasteiger partial charge in [-0.2, -0.15) is 0 Å². The van der Waals surface area contributed by atoms with Crippen LogP contribution in [0.1, 0.15) is 53.0 Å². The van der Waals surface area contributed by atoms with Crippen LogP contribution < -0.4 is 5.32 Å². The van der Waals surface area contributed by atoms with Crippen molar-refractivity contribution in [2.24, 2.45) is 0 Å². The molecule has 144 valence electrons. The lowest BCUT2D eigenvalue weighted by Gasteiger charge is -2.30. The second-order valence-corrected chi connectivity index (χ2v) is 7.82. The first kappa shape index (κ1) is 19.6. The Morgan fingerprint density at radius 2 is 2.11 bits per heavy atom. The van der Waals surface area contributed by atoms with Crippen molar-refractivity contribution in [3.8, 4) is 0 Å². The maximum atomic E-state index is 12.4. The lowest BCUT2D eigenvalue weighted by molar-refractivity contribution is -0.131. The van der Waals surface area contributed by atoms with Gasteiger partial charge in [0.15, 0.2) is 0 Å². The average Bonchev–Trinajstić information content (AvgIpc) is 3.35. The molecule has 1 amide bonds. The second-order valence-electron chi connectivity index (χ2n) is 6.84. The second kappa shape index (κ2) is 9.15. The first-order valence-corrected chi connectivity index (χ1v) is 10.2. The number of nitrogens with zero attached hydrogens (tertiary/aromatic N) is 1. The Labute approximate surface area is 164 Å². The maximum Gasteiger partial charge on any atom is 0.337 e. The number of benzene rings is 1. The van der Waals surface area contributed by atoms with E-state index in [-0.39, 0.29) is 17.9 Å². The largest absolute Gasteiger partial charge is 0.465 e. The summed E-state index contributed by atoms with van der Waals surface area (Å²) in [5, 5.41) is 5.51. The van der Waals surface area contributed by atoms with Gasteiger partial charge in [0.2, 0.25) is 5.91 Å². The van der Waals surface area contributed by atoms with E-state index in [9.17, 15) is 9.59 Å². The van der Waals surface area contributed by atoms with Crippen LogP contribution in [-0.2, 0) is 16.1 Å². The van der Waals surface area contributed by atoms with Crippen molar-refractivity contribution in [2.75, 3.05) is 13.7 Å². The minimum atomic E-state index is -0.319. The normalized spacial score (nSPS) is 17.9. The van der Waals surface area contributed by atoms with E-state index in [2.05, 4.69) is 28.6 Å². The lowest BCUT2D eigenvalue weighted by atomic mass is 10.1. The van der Waals surface area contributed by atoms with Gasteiger partial charge in [-0.25, -0.2) is 4.79 Å². The third-order valence-corrected chi connectivity index (χ3v) is 6.15. The van der Waals surface area contributed by atoms with Crippen LogP contribution in [0.15, 0.2) is 41.8 Å². The molecule has 1 N–H and O–H groups in total. The highest BCUT2D eigenvalue weighted by Crippen LogP contribution is 2.33. The Kier molecular flexibility index (Phi) is 6.63. The molecule has 6 heteroatoms. The Morgan fingerprint density at radius 1 is 1.33 bits per heavy atom. The van der Waals surface area contributed by atoms with Crippen molar-refractivity contribution in [1.29, 1.82) is 0 Å². The topological polar surface area (TPSA) is 58.6 Å². The van der Waals surface area contributed by atoms with E-state index < -0.39 is 0 Å². The Bertz CT molecular complexity index is 758. The summed E-state index contributed by atoms with van der Waals surface area (Å²) in [5.41, 5.74) is 1.68. The molecule has 1 saturated heterocycles. The predicted molar refractivity (Wildman–Crippen MR) is 107 cm³/mol. The number of esters is 1. The van der Waals surface area contributed by atoms with Crippen molar-refractivity contribution in [2.45, 2.75) is 44.8 Å². The fraction of sp³-hybridized carbons (Fsp3) is 0.429. The van der Waals surface area contributed by atoms with Gasteiger partial charge in [-0.15, -0.1) is 11.3 Å². The van der Waals surface area contributed by atoms with E-state index in [1.165, 1.54) is 12.0 Å². The monoisotopic (exact) mass is 386 g/mol. The SMILES string of the molecule is COC(=O)c1ccc(CNCC[C@@H]2CCC(=O)N2[C@@H](C)c2cccs2)cc1. The van der Waals surface area contributed by atoms with Crippen molar-refractivity contribution in [1.82, 2.24) is 10.2 Å². The summed E-state index contributed by atoms with van der Waals surface area (Å²) in [4.78, 5) is 27.1. The number of carbonyl (C=O) groups is 2. The highest BCUT2D eigenvalue weighted by Gasteiger charge is 2.34. The van der Waals surface area contributed by atoms with Crippen molar-refractivity contribution in [3.63, 3.8) is 0 Å². The van der Waals surface area contributed by atoms with Gasteiger partial charge in [0.25, 0.3) is 0 Å². The minimum absolute atomic E-state index is 0.149. The van der Waals surface area contributed by atoms with Gasteiger partial charge in [0.1, 0.15) is 0 Å². The smallest absolute Gasteiger partial charge is 0.337 e. The molecule has 1 aliphatic heterocycles. The van der Waals surface area contributed by atoms with Crippen LogP contribution >= 0.6 is 11.3 Å². The highest BCUT2D eigenvalue weighted by molar-refractivity contribution is 7.10. The standard InChI is InChI=1S/C21H26N2O3S/c1-15(19-4-3-13-27-19)23-18(9-10-20(23)24)11-12-22-14-16-5-7-17(8-6-16)21(25)26-2/h3-8,13,15,18,22H,9-12,14H2,1-2H3/t15-,18-/m0/s1. The molecular weight excluding hydrogens is 360 g/mol. The number of hydrogen-bond donors (Lipinski definition) is 1. The van der Waals surface area contributed by atoms with Crippen LogP contribution in [0.2, 0.25) is 0 Å². The van der Waals surface area contributed by atoms with E-state index in [0.717, 1.165) is 31.5 Å². The Hall–Kier alpha value is -2.18.